The van der Waals surface area contributed by atoms with Crippen molar-refractivity contribution >= 4 is 17.8 Å². The second-order valence-corrected chi connectivity index (χ2v) is 5.15. The molecule has 2 saturated heterocycles. The molecule has 0 spiro atoms. The molecule has 0 aliphatic carbocycles. The van der Waals surface area contributed by atoms with Gasteiger partial charge in [0.25, 0.3) is 0 Å². The Balaban J connectivity index is 1.69. The maximum Gasteiger partial charge on any atom is 0.232 e. The van der Waals surface area contributed by atoms with Gasteiger partial charge in [-0.25, -0.2) is 0 Å². The van der Waals surface area contributed by atoms with Crippen molar-refractivity contribution in [2.24, 2.45) is 0 Å². The number of anilines is 3. The number of aromatic nitrogens is 3. The Hall–Kier alpha value is -1.67. The molecule has 116 valence electrons. The maximum absolute atomic E-state index is 5.60. The van der Waals surface area contributed by atoms with Gasteiger partial charge in [0, 0.05) is 33.3 Å². The van der Waals surface area contributed by atoms with Crippen molar-refractivity contribution in [1.29, 1.82) is 0 Å². The molecule has 0 aromatic carbocycles. The smallest absolute Gasteiger partial charge is 0.232 e. The van der Waals surface area contributed by atoms with Gasteiger partial charge >= 0.3 is 0 Å². The van der Waals surface area contributed by atoms with Crippen molar-refractivity contribution < 1.29 is 9.47 Å². The van der Waals surface area contributed by atoms with Crippen molar-refractivity contribution in [3.8, 4) is 0 Å². The molecule has 0 bridgehead atoms. The van der Waals surface area contributed by atoms with Crippen LogP contribution in [0.4, 0.5) is 17.8 Å². The van der Waals surface area contributed by atoms with Gasteiger partial charge in [-0.15, -0.1) is 0 Å². The Bertz CT molecular complexity index is 460. The molecule has 0 amide bonds. The molecule has 2 fully saturated rings. The van der Waals surface area contributed by atoms with Crippen LogP contribution in [0, 0.1) is 0 Å². The van der Waals surface area contributed by atoms with E-state index in [-0.39, 0.29) is 6.10 Å². The van der Waals surface area contributed by atoms with Crippen molar-refractivity contribution in [3.63, 3.8) is 0 Å². The van der Waals surface area contributed by atoms with E-state index in [1.165, 1.54) is 0 Å². The molecule has 3 rings (SSSR count). The molecule has 1 aromatic rings. The third-order valence-electron chi connectivity index (χ3n) is 3.65. The Morgan fingerprint density at radius 3 is 2.67 bits per heavy atom. The van der Waals surface area contributed by atoms with Crippen molar-refractivity contribution in [1.82, 2.24) is 15.0 Å². The van der Waals surface area contributed by atoms with Crippen molar-refractivity contribution in [2.75, 3.05) is 62.0 Å². The number of ether oxygens (including phenoxy) is 2. The summed E-state index contributed by atoms with van der Waals surface area (Å²) >= 11 is 0. The van der Waals surface area contributed by atoms with E-state index in [1.54, 1.807) is 0 Å². The molecule has 1 atom stereocenters. The summed E-state index contributed by atoms with van der Waals surface area (Å²) in [6.45, 7) is 4.61. The lowest BCUT2D eigenvalue weighted by molar-refractivity contribution is 0.120. The largest absolute Gasteiger partial charge is 0.378 e. The van der Waals surface area contributed by atoms with Gasteiger partial charge in [-0.3, -0.25) is 0 Å². The number of rotatable bonds is 5. The molecule has 2 aliphatic rings. The van der Waals surface area contributed by atoms with Gasteiger partial charge in [-0.05, 0) is 12.8 Å². The quantitative estimate of drug-likeness (QED) is 0.804. The van der Waals surface area contributed by atoms with Crippen LogP contribution in [0.25, 0.3) is 0 Å². The molecule has 0 saturated carbocycles. The first-order chi connectivity index (χ1) is 10.3. The summed E-state index contributed by atoms with van der Waals surface area (Å²) in [5, 5.41) is 6.24. The molecular weight excluding hydrogens is 272 g/mol. The summed E-state index contributed by atoms with van der Waals surface area (Å²) in [6.07, 6.45) is 2.48. The number of morpholine rings is 1. The highest BCUT2D eigenvalue weighted by atomic mass is 16.5. The molecule has 1 unspecified atom stereocenters. The van der Waals surface area contributed by atoms with Gasteiger partial charge in [0.05, 0.1) is 19.3 Å². The zero-order valence-electron chi connectivity index (χ0n) is 12.3. The summed E-state index contributed by atoms with van der Waals surface area (Å²) in [4.78, 5) is 15.4. The summed E-state index contributed by atoms with van der Waals surface area (Å²) in [5.41, 5.74) is 0. The van der Waals surface area contributed by atoms with E-state index in [2.05, 4.69) is 30.5 Å². The molecule has 3 heterocycles. The van der Waals surface area contributed by atoms with Gasteiger partial charge in [0.2, 0.25) is 17.8 Å². The SMILES string of the molecule is CNc1nc(NCC2CCCO2)nc(N2CCOCC2)n1. The van der Waals surface area contributed by atoms with E-state index in [0.29, 0.717) is 31.1 Å². The number of hydrogen-bond donors (Lipinski definition) is 2. The minimum atomic E-state index is 0.256. The standard InChI is InChI=1S/C13H22N6O2/c1-14-11-16-12(15-9-10-3-2-6-21-10)18-13(17-11)19-4-7-20-8-5-19/h10H,2-9H2,1H3,(H2,14,15,16,17,18). The fraction of sp³-hybridized carbons (Fsp3) is 0.769. The average Bonchev–Trinajstić information content (AvgIpc) is 3.07. The minimum absolute atomic E-state index is 0.256. The zero-order valence-corrected chi connectivity index (χ0v) is 12.3. The molecule has 21 heavy (non-hydrogen) atoms. The van der Waals surface area contributed by atoms with Crippen LogP contribution in [0.15, 0.2) is 0 Å². The summed E-state index contributed by atoms with van der Waals surface area (Å²) < 4.78 is 11.0. The Morgan fingerprint density at radius 2 is 1.95 bits per heavy atom. The van der Waals surface area contributed by atoms with Crippen LogP contribution in [0.5, 0.6) is 0 Å². The first-order valence-corrected chi connectivity index (χ1v) is 7.47. The highest BCUT2D eigenvalue weighted by molar-refractivity contribution is 5.43. The lowest BCUT2D eigenvalue weighted by Gasteiger charge is -2.27. The Morgan fingerprint density at radius 1 is 1.14 bits per heavy atom. The third kappa shape index (κ3) is 3.70. The molecule has 2 N–H and O–H groups in total. The van der Waals surface area contributed by atoms with E-state index >= 15 is 0 Å². The molecule has 8 nitrogen and oxygen atoms in total. The summed E-state index contributed by atoms with van der Waals surface area (Å²) in [5.74, 6) is 1.85. The zero-order chi connectivity index (χ0) is 14.5. The second kappa shape index (κ2) is 6.86. The fourth-order valence-electron chi connectivity index (χ4n) is 2.47. The maximum atomic E-state index is 5.60. The van der Waals surface area contributed by atoms with Crippen molar-refractivity contribution in [2.45, 2.75) is 18.9 Å². The third-order valence-corrected chi connectivity index (χ3v) is 3.65. The van der Waals surface area contributed by atoms with Gasteiger partial charge in [0.15, 0.2) is 0 Å². The lowest BCUT2D eigenvalue weighted by atomic mass is 10.2. The first kappa shape index (κ1) is 14.3. The molecule has 1 aromatic heterocycles. The highest BCUT2D eigenvalue weighted by Gasteiger charge is 2.18. The summed E-state index contributed by atoms with van der Waals surface area (Å²) in [6, 6.07) is 0. The minimum Gasteiger partial charge on any atom is -0.378 e. The molecule has 2 aliphatic heterocycles. The second-order valence-electron chi connectivity index (χ2n) is 5.15. The van der Waals surface area contributed by atoms with Crippen LogP contribution < -0.4 is 15.5 Å². The van der Waals surface area contributed by atoms with E-state index in [1.807, 2.05) is 7.05 Å². The number of nitrogens with zero attached hydrogens (tertiary/aromatic N) is 4. The Kier molecular flexibility index (Phi) is 4.66. The molecular formula is C13H22N6O2. The van der Waals surface area contributed by atoms with Crippen LogP contribution in [-0.4, -0.2) is 67.6 Å². The van der Waals surface area contributed by atoms with Gasteiger partial charge in [-0.2, -0.15) is 15.0 Å². The van der Waals surface area contributed by atoms with Crippen LogP contribution in [0.2, 0.25) is 0 Å². The monoisotopic (exact) mass is 294 g/mol. The van der Waals surface area contributed by atoms with Gasteiger partial charge in [-0.1, -0.05) is 0 Å². The summed E-state index contributed by atoms with van der Waals surface area (Å²) in [7, 11) is 1.81. The Labute approximate surface area is 124 Å². The lowest BCUT2D eigenvalue weighted by Crippen LogP contribution is -2.37. The molecule has 0 radical (unpaired) electrons. The van der Waals surface area contributed by atoms with E-state index in [9.17, 15) is 0 Å². The van der Waals surface area contributed by atoms with Crippen LogP contribution >= 0.6 is 0 Å². The predicted octanol–water partition coefficient (Wildman–Crippen LogP) is 0.341. The van der Waals surface area contributed by atoms with Gasteiger partial charge < -0.3 is 25.0 Å². The average molecular weight is 294 g/mol. The van der Waals surface area contributed by atoms with Gasteiger partial charge in [0.1, 0.15) is 0 Å². The normalized spacial score (nSPS) is 22.3. The van der Waals surface area contributed by atoms with Crippen LogP contribution in [0.3, 0.4) is 0 Å². The van der Waals surface area contributed by atoms with E-state index in [4.69, 9.17) is 9.47 Å². The van der Waals surface area contributed by atoms with E-state index < -0.39 is 0 Å². The molecule has 8 heteroatoms. The fourth-order valence-corrected chi connectivity index (χ4v) is 2.47. The number of hydrogen-bond acceptors (Lipinski definition) is 8. The van der Waals surface area contributed by atoms with Crippen molar-refractivity contribution in [3.05, 3.63) is 0 Å². The first-order valence-electron chi connectivity index (χ1n) is 7.47. The van der Waals surface area contributed by atoms with Crippen LogP contribution in [-0.2, 0) is 9.47 Å². The topological polar surface area (TPSA) is 84.4 Å². The number of nitrogens with one attached hydrogen (secondary N) is 2. The predicted molar refractivity (Wildman–Crippen MR) is 79.9 cm³/mol. The van der Waals surface area contributed by atoms with E-state index in [0.717, 1.165) is 39.1 Å². The highest BCUT2D eigenvalue weighted by Crippen LogP contribution is 2.16. The van der Waals surface area contributed by atoms with Crippen LogP contribution in [0.1, 0.15) is 12.8 Å².